The fraction of sp³-hybridized carbons (Fsp3) is 0.565. The molecule has 4 rings (SSSR count). The minimum atomic E-state index is -4.98. The lowest BCUT2D eigenvalue weighted by Gasteiger charge is -2.34. The molecule has 0 radical (unpaired) electrons. The summed E-state index contributed by atoms with van der Waals surface area (Å²) in [6, 6.07) is 3.30. The van der Waals surface area contributed by atoms with Crippen molar-refractivity contribution in [3.8, 4) is 0 Å². The molecule has 1 fully saturated rings. The van der Waals surface area contributed by atoms with Crippen molar-refractivity contribution in [3.63, 3.8) is 0 Å². The second-order valence-corrected chi connectivity index (χ2v) is 9.19. The average molecular weight is 520 g/mol. The van der Waals surface area contributed by atoms with Crippen molar-refractivity contribution >= 4 is 6.09 Å². The van der Waals surface area contributed by atoms with Gasteiger partial charge in [0.15, 0.2) is 0 Å². The number of hydrogen-bond acceptors (Lipinski definition) is 5. The number of aliphatic hydroxyl groups excluding tert-OH is 1. The zero-order valence-corrected chi connectivity index (χ0v) is 19.2. The molecular weight excluding hydrogens is 494 g/mol. The molecule has 0 bridgehead atoms. The number of nitrogens with zero attached hydrogens (tertiary/aromatic N) is 3. The molecule has 198 valence electrons. The van der Waals surface area contributed by atoms with E-state index in [0.717, 1.165) is 24.2 Å². The fourth-order valence-corrected chi connectivity index (χ4v) is 4.40. The first-order chi connectivity index (χ1) is 16.9. The van der Waals surface area contributed by atoms with Gasteiger partial charge in [0.25, 0.3) is 0 Å². The van der Waals surface area contributed by atoms with E-state index in [1.807, 2.05) is 6.07 Å². The van der Waals surface area contributed by atoms with Crippen molar-refractivity contribution in [2.45, 2.75) is 63.9 Å². The van der Waals surface area contributed by atoms with Crippen LogP contribution in [0.5, 0.6) is 0 Å². The van der Waals surface area contributed by atoms with Crippen molar-refractivity contribution < 1.29 is 41.0 Å². The normalized spacial score (nSPS) is 20.5. The number of benzene rings is 1. The van der Waals surface area contributed by atoms with Gasteiger partial charge in [-0.05, 0) is 55.0 Å². The topological polar surface area (TPSA) is 79.6 Å². The van der Waals surface area contributed by atoms with Gasteiger partial charge in [-0.1, -0.05) is 0 Å². The van der Waals surface area contributed by atoms with Crippen LogP contribution in [0.3, 0.4) is 0 Å². The van der Waals surface area contributed by atoms with E-state index in [1.54, 1.807) is 4.68 Å². The molecule has 2 aliphatic rings. The Kier molecular flexibility index (Phi) is 7.51. The maximum Gasteiger partial charge on any atom is 0.416 e. The van der Waals surface area contributed by atoms with Gasteiger partial charge in [0.2, 0.25) is 0 Å². The van der Waals surface area contributed by atoms with Crippen LogP contribution in [-0.2, 0) is 43.3 Å². The second-order valence-electron chi connectivity index (χ2n) is 9.19. The fourth-order valence-electron chi connectivity index (χ4n) is 4.40. The third kappa shape index (κ3) is 6.30. The maximum absolute atomic E-state index is 13.1. The molecule has 1 aromatic heterocycles. The lowest BCUT2D eigenvalue weighted by atomic mass is 9.81. The predicted molar refractivity (Wildman–Crippen MR) is 114 cm³/mol. The Bertz CT molecular complexity index is 1050. The SMILES string of the molecule is O=C(OCc1cc(C(F)(F)F)cc(C(F)(F)F)c1)N1CCCn2nc(CNC3CC(CO)C3)cc2C1. The molecule has 2 N–H and O–H groups in total. The summed E-state index contributed by atoms with van der Waals surface area (Å²) in [6.45, 7) is 0.990. The first-order valence-electron chi connectivity index (χ1n) is 11.5. The minimum absolute atomic E-state index is 0.0314. The highest BCUT2D eigenvalue weighted by atomic mass is 19.4. The minimum Gasteiger partial charge on any atom is -0.445 e. The number of rotatable bonds is 6. The van der Waals surface area contributed by atoms with Crippen LogP contribution in [-0.4, -0.2) is 45.1 Å². The van der Waals surface area contributed by atoms with Crippen molar-refractivity contribution in [1.29, 1.82) is 0 Å². The van der Waals surface area contributed by atoms with Gasteiger partial charge >= 0.3 is 18.4 Å². The number of aryl methyl sites for hydroxylation is 1. The Hall–Kier alpha value is -2.80. The molecule has 1 amide bonds. The largest absolute Gasteiger partial charge is 0.445 e. The van der Waals surface area contributed by atoms with Gasteiger partial charge in [0.1, 0.15) is 6.61 Å². The van der Waals surface area contributed by atoms with Crippen molar-refractivity contribution in [2.75, 3.05) is 13.2 Å². The summed E-state index contributed by atoms with van der Waals surface area (Å²) in [6.07, 6.45) is -8.43. The highest BCUT2D eigenvalue weighted by Gasteiger charge is 2.37. The number of ether oxygens (including phenoxy) is 1. The molecule has 1 saturated carbocycles. The second kappa shape index (κ2) is 10.3. The Balaban J connectivity index is 1.37. The van der Waals surface area contributed by atoms with E-state index in [2.05, 4.69) is 10.4 Å². The summed E-state index contributed by atoms with van der Waals surface area (Å²) in [5, 5.41) is 17.0. The third-order valence-corrected chi connectivity index (χ3v) is 6.40. The summed E-state index contributed by atoms with van der Waals surface area (Å²) in [4.78, 5) is 14.0. The van der Waals surface area contributed by atoms with Crippen LogP contribution in [0.1, 0.15) is 47.3 Å². The number of amides is 1. The summed E-state index contributed by atoms with van der Waals surface area (Å²) < 4.78 is 85.3. The lowest BCUT2D eigenvalue weighted by Crippen LogP contribution is -2.42. The van der Waals surface area contributed by atoms with Crippen LogP contribution in [0.4, 0.5) is 31.1 Å². The average Bonchev–Trinajstić information content (AvgIpc) is 3.04. The summed E-state index contributed by atoms with van der Waals surface area (Å²) >= 11 is 0. The predicted octanol–water partition coefficient (Wildman–Crippen LogP) is 4.32. The van der Waals surface area contributed by atoms with E-state index in [0.29, 0.717) is 50.1 Å². The Morgan fingerprint density at radius 2 is 1.72 bits per heavy atom. The molecule has 0 saturated heterocycles. The standard InChI is InChI=1S/C23H26F6N4O3/c24-22(25,26)16-4-15(5-17(8-16)23(27,28)29)13-36-21(35)32-2-1-3-33-20(11-32)9-19(31-33)10-30-18-6-14(7-18)12-34/h4-5,8-9,14,18,30,34H,1-3,6-7,10-13H2. The number of alkyl halides is 6. The zero-order valence-electron chi connectivity index (χ0n) is 19.2. The van der Waals surface area contributed by atoms with E-state index in [4.69, 9.17) is 9.84 Å². The molecule has 2 heterocycles. The van der Waals surface area contributed by atoms with Crippen molar-refractivity contribution in [2.24, 2.45) is 5.92 Å². The molecule has 0 unspecified atom stereocenters. The molecule has 1 aromatic carbocycles. The molecule has 0 spiro atoms. The van der Waals surface area contributed by atoms with Crippen LogP contribution in [0.15, 0.2) is 24.3 Å². The van der Waals surface area contributed by atoms with Crippen LogP contribution < -0.4 is 5.32 Å². The Labute approximate surface area is 203 Å². The number of aromatic nitrogens is 2. The molecule has 7 nitrogen and oxygen atoms in total. The van der Waals surface area contributed by atoms with Crippen molar-refractivity contribution in [3.05, 3.63) is 52.3 Å². The summed E-state index contributed by atoms with van der Waals surface area (Å²) in [7, 11) is 0. The van der Waals surface area contributed by atoms with Gasteiger partial charge in [0.05, 0.1) is 29.1 Å². The number of fused-ring (bicyclic) bond motifs is 1. The van der Waals surface area contributed by atoms with Gasteiger partial charge < -0.3 is 20.1 Å². The quantitative estimate of drug-likeness (QED) is 0.555. The Morgan fingerprint density at radius 3 is 2.33 bits per heavy atom. The molecular formula is C23H26F6N4O3. The lowest BCUT2D eigenvalue weighted by molar-refractivity contribution is -0.143. The molecule has 2 aromatic rings. The van der Waals surface area contributed by atoms with E-state index in [9.17, 15) is 31.1 Å². The van der Waals surface area contributed by atoms with Crippen LogP contribution in [0.2, 0.25) is 0 Å². The van der Waals surface area contributed by atoms with Gasteiger partial charge in [-0.15, -0.1) is 0 Å². The van der Waals surface area contributed by atoms with E-state index >= 15 is 0 Å². The number of carbonyl (C=O) groups is 1. The van der Waals surface area contributed by atoms with E-state index in [-0.39, 0.29) is 19.2 Å². The van der Waals surface area contributed by atoms with Crippen LogP contribution in [0.25, 0.3) is 0 Å². The summed E-state index contributed by atoms with van der Waals surface area (Å²) in [5.74, 6) is 0.330. The molecule has 13 heteroatoms. The molecule has 36 heavy (non-hydrogen) atoms. The van der Waals surface area contributed by atoms with Gasteiger partial charge in [0, 0.05) is 32.3 Å². The van der Waals surface area contributed by atoms with Gasteiger partial charge in [-0.2, -0.15) is 31.4 Å². The van der Waals surface area contributed by atoms with Gasteiger partial charge in [-0.3, -0.25) is 4.68 Å². The first-order valence-corrected chi connectivity index (χ1v) is 11.5. The van der Waals surface area contributed by atoms with Crippen LogP contribution in [0, 0.1) is 5.92 Å². The Morgan fingerprint density at radius 1 is 1.06 bits per heavy atom. The van der Waals surface area contributed by atoms with Crippen molar-refractivity contribution in [1.82, 2.24) is 20.0 Å². The number of hydrogen-bond donors (Lipinski definition) is 2. The number of nitrogens with one attached hydrogen (secondary N) is 1. The van der Waals surface area contributed by atoms with Gasteiger partial charge in [-0.25, -0.2) is 4.79 Å². The third-order valence-electron chi connectivity index (χ3n) is 6.40. The monoisotopic (exact) mass is 520 g/mol. The number of carbonyl (C=O) groups excluding carboxylic acids is 1. The first kappa shape index (κ1) is 26.3. The number of aliphatic hydroxyl groups is 1. The van der Waals surface area contributed by atoms with Crippen LogP contribution >= 0.6 is 0 Å². The van der Waals surface area contributed by atoms with E-state index in [1.165, 1.54) is 4.90 Å². The zero-order chi connectivity index (χ0) is 26.1. The van der Waals surface area contributed by atoms with E-state index < -0.39 is 41.7 Å². The highest BCUT2D eigenvalue weighted by molar-refractivity contribution is 5.67. The molecule has 1 aliphatic carbocycles. The maximum atomic E-state index is 13.1. The number of halogens is 6. The molecule has 1 aliphatic heterocycles. The smallest absolute Gasteiger partial charge is 0.416 e. The molecule has 0 atom stereocenters. The summed E-state index contributed by atoms with van der Waals surface area (Å²) in [5.41, 5.74) is -1.79. The highest BCUT2D eigenvalue weighted by Crippen LogP contribution is 2.36.